The predicted octanol–water partition coefficient (Wildman–Crippen LogP) is 7.11. The number of ether oxygens (including phenoxy) is 1. The first kappa shape index (κ1) is 23.8. The lowest BCUT2D eigenvalue weighted by Crippen LogP contribution is -2.43. The van der Waals surface area contributed by atoms with E-state index in [1.165, 1.54) is 0 Å². The Hall–Kier alpha value is -3.31. The zero-order valence-corrected chi connectivity index (χ0v) is 21.7. The van der Waals surface area contributed by atoms with Gasteiger partial charge in [-0.3, -0.25) is 0 Å². The molecule has 5 heteroatoms. The Morgan fingerprint density at radius 2 is 1.47 bits per heavy atom. The van der Waals surface area contributed by atoms with E-state index in [1.54, 1.807) is 7.11 Å². The summed E-state index contributed by atoms with van der Waals surface area (Å²) in [7, 11) is -0.339. The number of carbonyl (C=O) groups is 1. The molecular weight excluding hydrogens is 440 g/mol. The van der Waals surface area contributed by atoms with E-state index in [0.29, 0.717) is 5.57 Å². The quantitative estimate of drug-likeness (QED) is 0.388. The highest BCUT2D eigenvalue weighted by Gasteiger charge is 2.39. The molecule has 4 nitrogen and oxygen atoms in total. The first-order valence-corrected chi connectivity index (χ1v) is 14.4. The second-order valence-corrected chi connectivity index (χ2v) is 15.0. The Balaban J connectivity index is 1.80. The van der Waals surface area contributed by atoms with Crippen molar-refractivity contribution in [3.63, 3.8) is 0 Å². The predicted molar refractivity (Wildman–Crippen MR) is 139 cm³/mol. The maximum Gasteiger partial charge on any atom is 0.333 e. The molecule has 3 aromatic rings. The lowest BCUT2D eigenvalue weighted by atomic mass is 9.88. The number of carboxylic acids is 1. The van der Waals surface area contributed by atoms with Crippen molar-refractivity contribution < 1.29 is 19.1 Å². The van der Waals surface area contributed by atoms with Gasteiger partial charge in [0, 0.05) is 11.5 Å². The van der Waals surface area contributed by atoms with Gasteiger partial charge >= 0.3 is 5.97 Å². The Bertz CT molecular complexity index is 1230. The Labute approximate surface area is 203 Å². The summed E-state index contributed by atoms with van der Waals surface area (Å²) in [4.78, 5) is 12.6. The highest BCUT2D eigenvalue weighted by molar-refractivity contribution is 6.74. The van der Waals surface area contributed by atoms with Crippen LogP contribution in [0, 0.1) is 0 Å². The Kier molecular flexibility index (Phi) is 6.17. The van der Waals surface area contributed by atoms with Crippen LogP contribution in [0.5, 0.6) is 11.5 Å². The second-order valence-electron chi connectivity index (χ2n) is 10.3. The number of fused-ring (bicyclic) bond motifs is 1. The molecule has 3 aromatic carbocycles. The third-order valence-electron chi connectivity index (χ3n) is 7.10. The van der Waals surface area contributed by atoms with Crippen LogP contribution >= 0.6 is 0 Å². The fourth-order valence-electron chi connectivity index (χ4n) is 4.24. The maximum atomic E-state index is 12.6. The van der Waals surface area contributed by atoms with Crippen molar-refractivity contribution >= 4 is 19.9 Å². The molecule has 0 fully saturated rings. The monoisotopic (exact) mass is 472 g/mol. The Morgan fingerprint density at radius 1 is 0.882 bits per heavy atom. The van der Waals surface area contributed by atoms with Crippen molar-refractivity contribution in [3.8, 4) is 11.5 Å². The van der Waals surface area contributed by atoms with Gasteiger partial charge in [0.2, 0.25) is 8.32 Å². The number of carboxylic acid groups (broad SMARTS) is 1. The zero-order chi connectivity index (χ0) is 24.7. The molecule has 0 radical (unpaired) electrons. The smallest absolute Gasteiger partial charge is 0.333 e. The molecule has 1 N–H and O–H groups in total. The highest BCUT2D eigenvalue weighted by atomic mass is 28.4. The number of rotatable bonds is 6. The standard InChI is InChI=1S/C29H32O4Si/c1-29(2,3)34(5,6)33-22-17-13-20(14-18-22)26-24-10-8-7-9-23(24)25(27(26)28(30)31)19-11-15-21(32-4)16-12-19/h7-18,25H,1-6H3,(H,30,31). The van der Waals surface area contributed by atoms with Gasteiger partial charge in [0.25, 0.3) is 0 Å². The van der Waals surface area contributed by atoms with Crippen LogP contribution in [-0.4, -0.2) is 26.5 Å². The van der Waals surface area contributed by atoms with Crippen LogP contribution in [0.25, 0.3) is 5.57 Å². The number of hydrogen-bond acceptors (Lipinski definition) is 3. The van der Waals surface area contributed by atoms with E-state index < -0.39 is 14.3 Å². The molecule has 0 amide bonds. The van der Waals surface area contributed by atoms with Crippen molar-refractivity contribution in [2.24, 2.45) is 0 Å². The normalized spacial score (nSPS) is 15.8. The first-order valence-electron chi connectivity index (χ1n) is 11.5. The molecule has 1 unspecified atom stereocenters. The van der Waals surface area contributed by atoms with Crippen LogP contribution in [0.15, 0.2) is 78.4 Å². The SMILES string of the molecule is COc1ccc(C2C(C(=O)O)=C(c3ccc(O[Si](C)(C)C(C)(C)C)cc3)c3ccccc32)cc1. The van der Waals surface area contributed by atoms with Gasteiger partial charge in [0.05, 0.1) is 12.7 Å². The van der Waals surface area contributed by atoms with E-state index in [4.69, 9.17) is 9.16 Å². The average Bonchev–Trinajstić information content (AvgIpc) is 3.14. The summed E-state index contributed by atoms with van der Waals surface area (Å²) < 4.78 is 11.7. The van der Waals surface area contributed by atoms with E-state index in [2.05, 4.69) is 33.9 Å². The van der Waals surface area contributed by atoms with Crippen molar-refractivity contribution in [2.45, 2.75) is 44.8 Å². The molecule has 0 aromatic heterocycles. The van der Waals surface area contributed by atoms with Gasteiger partial charge in [0.1, 0.15) is 11.5 Å². The van der Waals surface area contributed by atoms with E-state index in [0.717, 1.165) is 39.3 Å². The van der Waals surface area contributed by atoms with E-state index in [-0.39, 0.29) is 11.0 Å². The molecule has 0 heterocycles. The molecule has 176 valence electrons. The minimum absolute atomic E-state index is 0.0979. The van der Waals surface area contributed by atoms with E-state index in [1.807, 2.05) is 72.8 Å². The molecule has 1 atom stereocenters. The van der Waals surface area contributed by atoms with Crippen molar-refractivity contribution in [2.75, 3.05) is 7.11 Å². The van der Waals surface area contributed by atoms with Crippen molar-refractivity contribution in [1.82, 2.24) is 0 Å². The van der Waals surface area contributed by atoms with E-state index in [9.17, 15) is 9.90 Å². The molecular formula is C29H32O4Si. The van der Waals surface area contributed by atoms with Gasteiger partial charge in [-0.05, 0) is 64.7 Å². The van der Waals surface area contributed by atoms with Crippen LogP contribution in [0.2, 0.25) is 18.1 Å². The maximum absolute atomic E-state index is 12.6. The van der Waals surface area contributed by atoms with Crippen LogP contribution in [-0.2, 0) is 4.79 Å². The van der Waals surface area contributed by atoms with Crippen LogP contribution in [0.4, 0.5) is 0 Å². The fourth-order valence-corrected chi connectivity index (χ4v) is 5.27. The third kappa shape index (κ3) is 4.28. The van der Waals surface area contributed by atoms with E-state index >= 15 is 0 Å². The third-order valence-corrected chi connectivity index (χ3v) is 11.5. The lowest BCUT2D eigenvalue weighted by Gasteiger charge is -2.36. The number of methoxy groups -OCH3 is 1. The summed E-state index contributed by atoms with van der Waals surface area (Å²) in [6, 6.07) is 23.5. The van der Waals surface area contributed by atoms with Gasteiger partial charge in [-0.2, -0.15) is 0 Å². The van der Waals surface area contributed by atoms with Gasteiger partial charge in [-0.1, -0.05) is 69.3 Å². The van der Waals surface area contributed by atoms with Gasteiger partial charge in [0.15, 0.2) is 0 Å². The summed E-state index contributed by atoms with van der Waals surface area (Å²) in [6.45, 7) is 11.1. The first-order chi connectivity index (χ1) is 16.0. The molecule has 0 bridgehead atoms. The second kappa shape index (κ2) is 8.80. The van der Waals surface area contributed by atoms with Gasteiger partial charge < -0.3 is 14.3 Å². The molecule has 0 saturated heterocycles. The summed E-state index contributed by atoms with van der Waals surface area (Å²) >= 11 is 0. The molecule has 0 saturated carbocycles. The van der Waals surface area contributed by atoms with Gasteiger partial charge in [-0.15, -0.1) is 0 Å². The topological polar surface area (TPSA) is 55.8 Å². The van der Waals surface area contributed by atoms with Crippen LogP contribution < -0.4 is 9.16 Å². The molecule has 0 spiro atoms. The lowest BCUT2D eigenvalue weighted by molar-refractivity contribution is -0.132. The number of benzene rings is 3. The summed E-state index contributed by atoms with van der Waals surface area (Å²) in [6.07, 6.45) is 0. The molecule has 0 aliphatic heterocycles. The van der Waals surface area contributed by atoms with Gasteiger partial charge in [-0.25, -0.2) is 4.79 Å². The molecule has 1 aliphatic rings. The summed E-state index contributed by atoms with van der Waals surface area (Å²) in [5.41, 5.74) is 4.93. The Morgan fingerprint density at radius 3 is 2.03 bits per heavy atom. The van der Waals surface area contributed by atoms with Crippen molar-refractivity contribution in [1.29, 1.82) is 0 Å². The van der Waals surface area contributed by atoms with Crippen LogP contribution in [0.1, 0.15) is 48.9 Å². The van der Waals surface area contributed by atoms with Crippen LogP contribution in [0.3, 0.4) is 0 Å². The van der Waals surface area contributed by atoms with Crippen molar-refractivity contribution in [3.05, 3.63) is 101 Å². The molecule has 1 aliphatic carbocycles. The fraction of sp³-hybridized carbons (Fsp3) is 0.276. The number of hydrogen-bond donors (Lipinski definition) is 1. The molecule has 4 rings (SSSR count). The minimum atomic E-state index is -1.96. The largest absolute Gasteiger partial charge is 0.544 e. The minimum Gasteiger partial charge on any atom is -0.544 e. The average molecular weight is 473 g/mol. The summed E-state index contributed by atoms with van der Waals surface area (Å²) in [5, 5.41) is 10.4. The summed E-state index contributed by atoms with van der Waals surface area (Å²) in [5.74, 6) is 0.311. The highest BCUT2D eigenvalue weighted by Crippen LogP contribution is 2.48. The zero-order valence-electron chi connectivity index (χ0n) is 20.7. The number of aliphatic carboxylic acids is 1. The molecule has 34 heavy (non-hydrogen) atoms.